The van der Waals surface area contributed by atoms with Crippen molar-refractivity contribution < 1.29 is 18.6 Å². The van der Waals surface area contributed by atoms with Crippen molar-refractivity contribution >= 4 is 0 Å². The number of hydrogen-bond donors (Lipinski definition) is 1. The number of ether oxygens (including phenoxy) is 3. The maximum absolute atomic E-state index is 5.93. The molecule has 0 bridgehead atoms. The predicted molar refractivity (Wildman–Crippen MR) is 109 cm³/mol. The van der Waals surface area contributed by atoms with Crippen LogP contribution in [-0.2, 0) is 11.3 Å². The van der Waals surface area contributed by atoms with Gasteiger partial charge in [0.25, 0.3) is 0 Å². The number of furan rings is 1. The van der Waals surface area contributed by atoms with Gasteiger partial charge in [-0.05, 0) is 43.2 Å². The highest BCUT2D eigenvalue weighted by atomic mass is 16.5. The predicted octanol–water partition coefficient (Wildman–Crippen LogP) is 3.55. The number of hydrogen-bond acceptors (Lipinski definition) is 6. The van der Waals surface area contributed by atoms with E-state index in [2.05, 4.69) is 29.3 Å². The Morgan fingerprint density at radius 1 is 1.14 bits per heavy atom. The SMILES string of the molecule is CCCOc1ccc(CNCC(c2ccc(C)o2)N2CCOCC2)cc1OC. The topological polar surface area (TPSA) is 56.1 Å². The van der Waals surface area contributed by atoms with Crippen molar-refractivity contribution in [3.63, 3.8) is 0 Å². The molecule has 3 rings (SSSR count). The van der Waals surface area contributed by atoms with Crippen LogP contribution in [0.1, 0.15) is 36.5 Å². The molecule has 1 N–H and O–H groups in total. The monoisotopic (exact) mass is 388 g/mol. The first kappa shape index (κ1) is 20.7. The zero-order chi connectivity index (χ0) is 19.8. The van der Waals surface area contributed by atoms with Gasteiger partial charge in [0.15, 0.2) is 11.5 Å². The summed E-state index contributed by atoms with van der Waals surface area (Å²) in [6, 6.07) is 10.4. The Balaban J connectivity index is 1.62. The number of rotatable bonds is 10. The molecule has 2 heterocycles. The molecule has 28 heavy (non-hydrogen) atoms. The van der Waals surface area contributed by atoms with Gasteiger partial charge in [-0.15, -0.1) is 0 Å². The van der Waals surface area contributed by atoms with Crippen molar-refractivity contribution in [3.05, 3.63) is 47.4 Å². The van der Waals surface area contributed by atoms with Crippen molar-refractivity contribution in [2.75, 3.05) is 46.6 Å². The lowest BCUT2D eigenvalue weighted by Crippen LogP contribution is -2.42. The van der Waals surface area contributed by atoms with E-state index in [-0.39, 0.29) is 6.04 Å². The highest BCUT2D eigenvalue weighted by molar-refractivity contribution is 5.43. The minimum absolute atomic E-state index is 0.201. The third kappa shape index (κ3) is 5.50. The summed E-state index contributed by atoms with van der Waals surface area (Å²) in [6.07, 6.45) is 0.974. The van der Waals surface area contributed by atoms with Gasteiger partial charge in [0.2, 0.25) is 0 Å². The summed E-state index contributed by atoms with van der Waals surface area (Å²) in [5.74, 6) is 3.53. The first-order valence-corrected chi connectivity index (χ1v) is 10.1. The second-order valence-electron chi connectivity index (χ2n) is 7.08. The summed E-state index contributed by atoms with van der Waals surface area (Å²) in [5, 5.41) is 3.58. The summed E-state index contributed by atoms with van der Waals surface area (Å²) in [4.78, 5) is 2.43. The van der Waals surface area contributed by atoms with E-state index in [1.165, 1.54) is 0 Å². The van der Waals surface area contributed by atoms with Gasteiger partial charge in [-0.2, -0.15) is 0 Å². The van der Waals surface area contributed by atoms with E-state index in [4.69, 9.17) is 18.6 Å². The summed E-state index contributed by atoms with van der Waals surface area (Å²) >= 11 is 0. The molecule has 0 aliphatic carbocycles. The molecule has 0 saturated carbocycles. The zero-order valence-electron chi connectivity index (χ0n) is 17.2. The van der Waals surface area contributed by atoms with E-state index in [0.717, 1.165) is 74.4 Å². The lowest BCUT2D eigenvalue weighted by atomic mass is 10.1. The number of morpholine rings is 1. The number of nitrogens with one attached hydrogen (secondary N) is 1. The van der Waals surface area contributed by atoms with E-state index in [0.29, 0.717) is 6.61 Å². The normalized spacial score (nSPS) is 16.1. The molecule has 1 atom stereocenters. The second-order valence-corrected chi connectivity index (χ2v) is 7.08. The smallest absolute Gasteiger partial charge is 0.161 e. The number of methoxy groups -OCH3 is 1. The molecule has 1 aromatic heterocycles. The summed E-state index contributed by atoms with van der Waals surface area (Å²) in [7, 11) is 1.68. The molecule has 0 radical (unpaired) electrons. The number of aryl methyl sites for hydroxylation is 1. The van der Waals surface area contributed by atoms with E-state index in [1.54, 1.807) is 7.11 Å². The van der Waals surface area contributed by atoms with Gasteiger partial charge in [-0.3, -0.25) is 4.90 Å². The van der Waals surface area contributed by atoms with Crippen LogP contribution in [0.5, 0.6) is 11.5 Å². The van der Waals surface area contributed by atoms with Crippen LogP contribution >= 0.6 is 0 Å². The quantitative estimate of drug-likeness (QED) is 0.672. The average Bonchev–Trinajstić information content (AvgIpc) is 3.16. The molecule has 154 valence electrons. The first-order chi connectivity index (χ1) is 13.7. The van der Waals surface area contributed by atoms with Gasteiger partial charge in [-0.1, -0.05) is 13.0 Å². The van der Waals surface area contributed by atoms with E-state index in [9.17, 15) is 0 Å². The van der Waals surface area contributed by atoms with Crippen LogP contribution in [0.3, 0.4) is 0 Å². The Morgan fingerprint density at radius 2 is 1.96 bits per heavy atom. The molecule has 6 nitrogen and oxygen atoms in total. The third-order valence-electron chi connectivity index (χ3n) is 4.93. The van der Waals surface area contributed by atoms with Crippen molar-refractivity contribution in [3.8, 4) is 11.5 Å². The molecule has 1 fully saturated rings. The van der Waals surface area contributed by atoms with Crippen LogP contribution in [0.4, 0.5) is 0 Å². The lowest BCUT2D eigenvalue weighted by Gasteiger charge is -2.33. The molecule has 2 aromatic rings. The van der Waals surface area contributed by atoms with E-state index in [1.807, 2.05) is 25.1 Å². The Hall–Kier alpha value is -2.02. The maximum Gasteiger partial charge on any atom is 0.161 e. The number of nitrogens with zero attached hydrogens (tertiary/aromatic N) is 1. The van der Waals surface area contributed by atoms with Crippen LogP contribution in [0.2, 0.25) is 0 Å². The van der Waals surface area contributed by atoms with Crippen molar-refractivity contribution in [1.82, 2.24) is 10.2 Å². The summed E-state index contributed by atoms with van der Waals surface area (Å²) < 4.78 is 22.7. The van der Waals surface area contributed by atoms with Gasteiger partial charge in [0.05, 0.1) is 33.0 Å². The molecule has 0 spiro atoms. The molecule has 1 aliphatic rings. The molecule has 1 aromatic carbocycles. The molecule has 6 heteroatoms. The first-order valence-electron chi connectivity index (χ1n) is 10.1. The Kier molecular flexibility index (Phi) is 7.77. The minimum atomic E-state index is 0.201. The molecule has 1 unspecified atom stereocenters. The van der Waals surface area contributed by atoms with Crippen LogP contribution in [0.15, 0.2) is 34.7 Å². The summed E-state index contributed by atoms with van der Waals surface area (Å²) in [6.45, 7) is 9.72. The molecule has 1 saturated heterocycles. The fourth-order valence-electron chi connectivity index (χ4n) is 3.44. The molecule has 0 amide bonds. The zero-order valence-corrected chi connectivity index (χ0v) is 17.2. The Bertz CT molecular complexity index is 725. The highest BCUT2D eigenvalue weighted by Gasteiger charge is 2.24. The van der Waals surface area contributed by atoms with Gasteiger partial charge in [0, 0.05) is 26.2 Å². The number of benzene rings is 1. The molecular weight excluding hydrogens is 356 g/mol. The average molecular weight is 389 g/mol. The lowest BCUT2D eigenvalue weighted by molar-refractivity contribution is 0.0115. The molecular formula is C22H32N2O4. The standard InChI is InChI=1S/C22H32N2O4/c1-4-11-27-21-8-6-18(14-22(21)25-3)15-23-16-19(20-7-5-17(2)28-20)24-9-12-26-13-10-24/h5-8,14,19,23H,4,9-13,15-16H2,1-3H3. The largest absolute Gasteiger partial charge is 0.493 e. The maximum atomic E-state index is 5.93. The minimum Gasteiger partial charge on any atom is -0.493 e. The van der Waals surface area contributed by atoms with Gasteiger partial charge < -0.3 is 23.9 Å². The van der Waals surface area contributed by atoms with Gasteiger partial charge in [-0.25, -0.2) is 0 Å². The van der Waals surface area contributed by atoms with Crippen molar-refractivity contribution in [2.24, 2.45) is 0 Å². The fraction of sp³-hybridized carbons (Fsp3) is 0.545. The highest BCUT2D eigenvalue weighted by Crippen LogP contribution is 2.28. The third-order valence-corrected chi connectivity index (χ3v) is 4.93. The molecule has 1 aliphatic heterocycles. The Labute approximate surface area is 167 Å². The fourth-order valence-corrected chi connectivity index (χ4v) is 3.44. The van der Waals surface area contributed by atoms with Crippen LogP contribution in [0, 0.1) is 6.92 Å². The van der Waals surface area contributed by atoms with Gasteiger partial charge in [0.1, 0.15) is 11.5 Å². The van der Waals surface area contributed by atoms with Crippen LogP contribution < -0.4 is 14.8 Å². The Morgan fingerprint density at radius 3 is 2.64 bits per heavy atom. The van der Waals surface area contributed by atoms with Crippen LogP contribution in [0.25, 0.3) is 0 Å². The van der Waals surface area contributed by atoms with Crippen molar-refractivity contribution in [1.29, 1.82) is 0 Å². The summed E-state index contributed by atoms with van der Waals surface area (Å²) in [5.41, 5.74) is 1.16. The second kappa shape index (κ2) is 10.5. The van der Waals surface area contributed by atoms with E-state index >= 15 is 0 Å². The van der Waals surface area contributed by atoms with E-state index < -0.39 is 0 Å². The van der Waals surface area contributed by atoms with Crippen molar-refractivity contribution in [2.45, 2.75) is 32.9 Å². The van der Waals surface area contributed by atoms with Crippen LogP contribution in [-0.4, -0.2) is 51.5 Å². The van der Waals surface area contributed by atoms with Gasteiger partial charge >= 0.3 is 0 Å².